The van der Waals surface area contributed by atoms with Crippen LogP contribution in [-0.4, -0.2) is 20.9 Å². The summed E-state index contributed by atoms with van der Waals surface area (Å²) in [7, 11) is -3.80. The minimum Gasteiger partial charge on any atom is -0.484 e. The summed E-state index contributed by atoms with van der Waals surface area (Å²) in [6.07, 6.45) is 0. The van der Waals surface area contributed by atoms with E-state index < -0.39 is 15.9 Å². The summed E-state index contributed by atoms with van der Waals surface area (Å²) in [5.74, 6) is -0.222. The second-order valence-corrected chi connectivity index (χ2v) is 6.14. The highest BCUT2D eigenvalue weighted by molar-refractivity contribution is 7.89. The summed E-state index contributed by atoms with van der Waals surface area (Å²) in [6.45, 7) is 5.11. The molecule has 0 saturated carbocycles. The van der Waals surface area contributed by atoms with Gasteiger partial charge in [-0.05, 0) is 36.1 Å². The fraction of sp³-hybridized carbons (Fsp3) is 0.417. The van der Waals surface area contributed by atoms with Crippen LogP contribution in [0.2, 0.25) is 0 Å². The predicted molar refractivity (Wildman–Crippen MR) is 71.3 cm³/mol. The van der Waals surface area contributed by atoms with Gasteiger partial charge < -0.3 is 10.5 Å². The monoisotopic (exact) mass is 286 g/mol. The number of benzene rings is 1. The maximum atomic E-state index is 11.6. The molecule has 0 aromatic heterocycles. The van der Waals surface area contributed by atoms with Crippen molar-refractivity contribution in [3.8, 4) is 5.75 Å². The Morgan fingerprint density at radius 3 is 2.37 bits per heavy atom. The van der Waals surface area contributed by atoms with Gasteiger partial charge in [-0.15, -0.1) is 0 Å². The molecule has 0 heterocycles. The fourth-order valence-corrected chi connectivity index (χ4v) is 2.64. The Morgan fingerprint density at radius 1 is 1.37 bits per heavy atom. The lowest BCUT2D eigenvalue weighted by Gasteiger charge is -2.16. The van der Waals surface area contributed by atoms with Crippen LogP contribution >= 0.6 is 0 Å². The predicted octanol–water partition coefficient (Wildman–Crippen LogP) is 0.630. The van der Waals surface area contributed by atoms with Crippen LogP contribution in [0.4, 0.5) is 0 Å². The minimum absolute atomic E-state index is 0.0511. The second kappa shape index (κ2) is 5.58. The van der Waals surface area contributed by atoms with E-state index in [-0.39, 0.29) is 17.4 Å². The molecule has 0 fully saturated rings. The Balaban J connectivity index is 3.33. The standard InChI is InChI=1S/C12H18N2O4S/c1-7(2)9-5-10(18-6-12(13)15)8(3)4-11(9)19(14,16)17/h4-5,7H,6H2,1-3H3,(H2,13,15)(H2,14,16,17). The highest BCUT2D eigenvalue weighted by Gasteiger charge is 2.19. The van der Waals surface area contributed by atoms with Gasteiger partial charge in [0, 0.05) is 0 Å². The van der Waals surface area contributed by atoms with Gasteiger partial charge in [0.25, 0.3) is 5.91 Å². The number of aryl methyl sites for hydroxylation is 1. The zero-order valence-corrected chi connectivity index (χ0v) is 12.0. The molecule has 1 amide bonds. The largest absolute Gasteiger partial charge is 0.484 e. The second-order valence-electron chi connectivity index (χ2n) is 4.61. The van der Waals surface area contributed by atoms with Gasteiger partial charge in [0.1, 0.15) is 5.75 Å². The van der Waals surface area contributed by atoms with Gasteiger partial charge in [-0.25, -0.2) is 13.6 Å². The van der Waals surface area contributed by atoms with Crippen molar-refractivity contribution in [2.45, 2.75) is 31.6 Å². The number of primary sulfonamides is 1. The van der Waals surface area contributed by atoms with Gasteiger partial charge in [0.05, 0.1) is 4.90 Å². The summed E-state index contributed by atoms with van der Waals surface area (Å²) in [6, 6.07) is 3.03. The van der Waals surface area contributed by atoms with Gasteiger partial charge >= 0.3 is 0 Å². The molecule has 0 bridgehead atoms. The molecule has 0 aliphatic heterocycles. The van der Waals surface area contributed by atoms with Crippen LogP contribution < -0.4 is 15.6 Å². The molecule has 1 aromatic rings. The van der Waals surface area contributed by atoms with Crippen molar-refractivity contribution in [3.63, 3.8) is 0 Å². The lowest BCUT2D eigenvalue weighted by Crippen LogP contribution is -2.21. The van der Waals surface area contributed by atoms with Crippen LogP contribution in [0.25, 0.3) is 0 Å². The Bertz CT molecular complexity index is 594. The van der Waals surface area contributed by atoms with Crippen LogP contribution in [0, 0.1) is 6.92 Å². The van der Waals surface area contributed by atoms with Gasteiger partial charge in [0.15, 0.2) is 6.61 Å². The van der Waals surface area contributed by atoms with Crippen molar-refractivity contribution in [2.24, 2.45) is 10.9 Å². The van der Waals surface area contributed by atoms with Gasteiger partial charge in [0.2, 0.25) is 10.0 Å². The normalized spacial score (nSPS) is 11.6. The van der Waals surface area contributed by atoms with E-state index in [1.807, 2.05) is 13.8 Å². The number of hydrogen-bond donors (Lipinski definition) is 2. The molecule has 0 saturated heterocycles. The number of rotatable bonds is 5. The zero-order chi connectivity index (χ0) is 14.8. The first-order valence-electron chi connectivity index (χ1n) is 5.71. The van der Waals surface area contributed by atoms with E-state index in [2.05, 4.69) is 0 Å². The van der Waals surface area contributed by atoms with Crippen molar-refractivity contribution in [3.05, 3.63) is 23.3 Å². The highest BCUT2D eigenvalue weighted by atomic mass is 32.2. The molecule has 0 unspecified atom stereocenters. The number of ether oxygens (including phenoxy) is 1. The van der Waals surface area contributed by atoms with Crippen molar-refractivity contribution in [1.82, 2.24) is 0 Å². The average molecular weight is 286 g/mol. The molecule has 1 aromatic carbocycles. The number of carbonyl (C=O) groups excluding carboxylic acids is 1. The molecule has 0 aliphatic rings. The number of carbonyl (C=O) groups is 1. The van der Waals surface area contributed by atoms with Gasteiger partial charge in [-0.2, -0.15) is 0 Å². The Labute approximate surface area is 112 Å². The summed E-state index contributed by atoms with van der Waals surface area (Å²) in [5, 5.41) is 5.19. The third kappa shape index (κ3) is 3.93. The molecule has 0 spiro atoms. The molecule has 1 rings (SSSR count). The third-order valence-corrected chi connectivity index (χ3v) is 3.57. The van der Waals surface area contributed by atoms with E-state index in [1.165, 1.54) is 6.07 Å². The van der Waals surface area contributed by atoms with Crippen LogP contribution in [-0.2, 0) is 14.8 Å². The average Bonchev–Trinajstić information content (AvgIpc) is 2.25. The topological polar surface area (TPSA) is 112 Å². The Hall–Kier alpha value is -1.60. The minimum atomic E-state index is -3.80. The molecule has 0 atom stereocenters. The first kappa shape index (κ1) is 15.5. The number of sulfonamides is 1. The van der Waals surface area contributed by atoms with E-state index in [0.29, 0.717) is 16.9 Å². The van der Waals surface area contributed by atoms with Crippen molar-refractivity contribution < 1.29 is 17.9 Å². The molecular formula is C12H18N2O4S. The number of amides is 1. The summed E-state index contributed by atoms with van der Waals surface area (Å²) in [5.41, 5.74) is 6.13. The molecule has 4 N–H and O–H groups in total. The molecule has 6 nitrogen and oxygen atoms in total. The first-order valence-corrected chi connectivity index (χ1v) is 7.26. The molecule has 19 heavy (non-hydrogen) atoms. The SMILES string of the molecule is Cc1cc(S(N)(=O)=O)c(C(C)C)cc1OCC(N)=O. The number of hydrogen-bond acceptors (Lipinski definition) is 4. The van der Waals surface area contributed by atoms with Gasteiger partial charge in [-0.3, -0.25) is 4.79 Å². The van der Waals surface area contributed by atoms with Crippen molar-refractivity contribution in [2.75, 3.05) is 6.61 Å². The molecule has 0 radical (unpaired) electrons. The van der Waals surface area contributed by atoms with Crippen molar-refractivity contribution in [1.29, 1.82) is 0 Å². The summed E-state index contributed by atoms with van der Waals surface area (Å²) >= 11 is 0. The van der Waals surface area contributed by atoms with E-state index in [1.54, 1.807) is 13.0 Å². The fourth-order valence-electron chi connectivity index (χ4n) is 1.68. The van der Waals surface area contributed by atoms with E-state index in [0.717, 1.165) is 0 Å². The van der Waals surface area contributed by atoms with Crippen LogP contribution in [0.1, 0.15) is 30.9 Å². The lowest BCUT2D eigenvalue weighted by atomic mass is 10.0. The smallest absolute Gasteiger partial charge is 0.255 e. The molecule has 106 valence electrons. The van der Waals surface area contributed by atoms with Crippen LogP contribution in [0.3, 0.4) is 0 Å². The maximum Gasteiger partial charge on any atom is 0.255 e. The first-order chi connectivity index (χ1) is 8.62. The quantitative estimate of drug-likeness (QED) is 0.826. The third-order valence-electron chi connectivity index (χ3n) is 2.61. The molecule has 7 heteroatoms. The maximum absolute atomic E-state index is 11.6. The van der Waals surface area contributed by atoms with Gasteiger partial charge in [-0.1, -0.05) is 13.8 Å². The van der Waals surface area contributed by atoms with E-state index >= 15 is 0 Å². The summed E-state index contributed by atoms with van der Waals surface area (Å²) in [4.78, 5) is 10.8. The van der Waals surface area contributed by atoms with Crippen molar-refractivity contribution >= 4 is 15.9 Å². The summed E-state index contributed by atoms with van der Waals surface area (Å²) < 4.78 is 28.3. The number of nitrogens with two attached hydrogens (primary N) is 2. The van der Waals surface area contributed by atoms with Crippen LogP contribution in [0.15, 0.2) is 17.0 Å². The van der Waals surface area contributed by atoms with E-state index in [9.17, 15) is 13.2 Å². The zero-order valence-electron chi connectivity index (χ0n) is 11.1. The number of primary amides is 1. The highest BCUT2D eigenvalue weighted by Crippen LogP contribution is 2.30. The lowest BCUT2D eigenvalue weighted by molar-refractivity contribution is -0.119. The van der Waals surface area contributed by atoms with E-state index in [4.69, 9.17) is 15.6 Å². The molecule has 0 aliphatic carbocycles. The Kier molecular flexibility index (Phi) is 4.54. The Morgan fingerprint density at radius 2 is 1.95 bits per heavy atom. The van der Waals surface area contributed by atoms with Crippen LogP contribution in [0.5, 0.6) is 5.75 Å². The molecular weight excluding hydrogens is 268 g/mol.